The number of likely N-dealkylation sites (N-methyl/N-ethyl adjacent to an activating group) is 1. The zero-order valence-corrected chi connectivity index (χ0v) is 27.9. The normalized spacial score (nSPS) is 15.6. The Labute approximate surface area is 264 Å². The van der Waals surface area contributed by atoms with E-state index in [0.717, 1.165) is 94.0 Å². The Bertz CT molecular complexity index is 1320. The molecular formula is C35H52N6O3. The Morgan fingerprint density at radius 2 is 1.64 bits per heavy atom. The first kappa shape index (κ1) is 33.3. The van der Waals surface area contributed by atoms with Gasteiger partial charge in [0, 0.05) is 94.9 Å². The van der Waals surface area contributed by atoms with Gasteiger partial charge in [0.15, 0.2) is 0 Å². The SMILES string of the molecule is CC.Cc1nn(C)c(COc2ccc(N3CCN(C(=O)C(C)C)CC3)cc2)c1-c1ccccc1N(C)CCN1CCOCC1. The second-order valence-corrected chi connectivity index (χ2v) is 11.7. The van der Waals surface area contributed by atoms with Crippen molar-refractivity contribution in [1.29, 1.82) is 0 Å². The van der Waals surface area contributed by atoms with Crippen molar-refractivity contribution < 1.29 is 14.3 Å². The van der Waals surface area contributed by atoms with Crippen LogP contribution in [0.2, 0.25) is 0 Å². The van der Waals surface area contributed by atoms with Gasteiger partial charge in [0.2, 0.25) is 5.91 Å². The number of aromatic nitrogens is 2. The molecule has 3 heterocycles. The molecule has 2 saturated heterocycles. The lowest BCUT2D eigenvalue weighted by molar-refractivity contribution is -0.134. The Kier molecular flexibility index (Phi) is 12.1. The molecule has 0 saturated carbocycles. The topological polar surface area (TPSA) is 66.3 Å². The summed E-state index contributed by atoms with van der Waals surface area (Å²) in [6, 6.07) is 16.9. The zero-order chi connectivity index (χ0) is 31.6. The number of ether oxygens (including phenoxy) is 2. The number of nitrogens with zero attached hydrogens (tertiary/aromatic N) is 6. The first-order valence-corrected chi connectivity index (χ1v) is 16.2. The van der Waals surface area contributed by atoms with Crippen molar-refractivity contribution in [2.45, 2.75) is 41.2 Å². The fourth-order valence-corrected chi connectivity index (χ4v) is 5.93. The summed E-state index contributed by atoms with van der Waals surface area (Å²) in [6.45, 7) is 19.2. The molecule has 2 aliphatic rings. The summed E-state index contributed by atoms with van der Waals surface area (Å²) in [4.78, 5) is 21.5. The number of anilines is 2. The number of piperazine rings is 1. The molecule has 44 heavy (non-hydrogen) atoms. The Hall–Kier alpha value is -3.56. The molecule has 0 spiro atoms. The molecule has 2 aromatic carbocycles. The fraction of sp³-hybridized carbons (Fsp3) is 0.543. The smallest absolute Gasteiger partial charge is 0.225 e. The van der Waals surface area contributed by atoms with Crippen LogP contribution in [0.5, 0.6) is 5.75 Å². The monoisotopic (exact) mass is 604 g/mol. The number of amides is 1. The summed E-state index contributed by atoms with van der Waals surface area (Å²) >= 11 is 0. The van der Waals surface area contributed by atoms with Gasteiger partial charge >= 0.3 is 0 Å². The predicted octanol–water partition coefficient (Wildman–Crippen LogP) is 5.07. The lowest BCUT2D eigenvalue weighted by atomic mass is 10.0. The van der Waals surface area contributed by atoms with Gasteiger partial charge in [-0.3, -0.25) is 14.4 Å². The van der Waals surface area contributed by atoms with E-state index in [4.69, 9.17) is 14.6 Å². The lowest BCUT2D eigenvalue weighted by Crippen LogP contribution is -2.49. The van der Waals surface area contributed by atoms with E-state index in [2.05, 4.69) is 65.1 Å². The molecule has 0 atom stereocenters. The minimum absolute atomic E-state index is 0.0476. The summed E-state index contributed by atoms with van der Waals surface area (Å²) in [5.74, 6) is 1.12. The number of hydrogen-bond donors (Lipinski definition) is 0. The van der Waals surface area contributed by atoms with Gasteiger partial charge in [-0.15, -0.1) is 0 Å². The summed E-state index contributed by atoms with van der Waals surface area (Å²) in [5, 5.41) is 4.79. The zero-order valence-electron chi connectivity index (χ0n) is 27.9. The molecule has 0 unspecified atom stereocenters. The molecule has 0 N–H and O–H groups in total. The van der Waals surface area contributed by atoms with E-state index in [0.29, 0.717) is 6.61 Å². The second-order valence-electron chi connectivity index (χ2n) is 11.7. The third-order valence-electron chi connectivity index (χ3n) is 8.44. The van der Waals surface area contributed by atoms with E-state index < -0.39 is 0 Å². The molecular weight excluding hydrogens is 552 g/mol. The third kappa shape index (κ3) is 8.12. The van der Waals surface area contributed by atoms with Crippen molar-refractivity contribution in [3.05, 3.63) is 59.9 Å². The van der Waals surface area contributed by atoms with Crippen molar-refractivity contribution in [2.75, 3.05) is 82.4 Å². The summed E-state index contributed by atoms with van der Waals surface area (Å²) in [6.07, 6.45) is 0. The Balaban J connectivity index is 0.00000216. The number of morpholine rings is 1. The molecule has 2 aliphatic heterocycles. The average molecular weight is 605 g/mol. The van der Waals surface area contributed by atoms with Crippen molar-refractivity contribution in [3.8, 4) is 16.9 Å². The van der Waals surface area contributed by atoms with Crippen molar-refractivity contribution in [2.24, 2.45) is 13.0 Å². The van der Waals surface area contributed by atoms with Crippen LogP contribution in [0.3, 0.4) is 0 Å². The highest BCUT2D eigenvalue weighted by atomic mass is 16.5. The van der Waals surface area contributed by atoms with Crippen LogP contribution in [-0.2, 0) is 23.2 Å². The molecule has 3 aromatic rings. The molecule has 1 aromatic heterocycles. The number of carbonyl (C=O) groups is 1. The average Bonchev–Trinajstić information content (AvgIpc) is 3.35. The minimum Gasteiger partial charge on any atom is -0.487 e. The highest BCUT2D eigenvalue weighted by Gasteiger charge is 2.24. The number of hydrogen-bond acceptors (Lipinski definition) is 7. The maximum absolute atomic E-state index is 12.3. The van der Waals surface area contributed by atoms with Gasteiger partial charge in [-0.2, -0.15) is 5.10 Å². The van der Waals surface area contributed by atoms with Gasteiger partial charge in [-0.05, 0) is 37.3 Å². The van der Waals surface area contributed by atoms with Crippen LogP contribution in [-0.4, -0.2) is 98.1 Å². The van der Waals surface area contributed by atoms with E-state index in [1.165, 1.54) is 11.3 Å². The minimum atomic E-state index is 0.0476. The van der Waals surface area contributed by atoms with Gasteiger partial charge in [-0.25, -0.2) is 0 Å². The molecule has 240 valence electrons. The van der Waals surface area contributed by atoms with Gasteiger partial charge in [0.25, 0.3) is 0 Å². The molecule has 0 bridgehead atoms. The van der Waals surface area contributed by atoms with E-state index in [1.807, 2.05) is 56.5 Å². The number of aryl methyl sites for hydroxylation is 2. The quantitative estimate of drug-likeness (QED) is 0.320. The lowest BCUT2D eigenvalue weighted by Gasteiger charge is -2.37. The van der Waals surface area contributed by atoms with Crippen LogP contribution >= 0.6 is 0 Å². The number of benzene rings is 2. The van der Waals surface area contributed by atoms with Crippen LogP contribution < -0.4 is 14.5 Å². The molecule has 0 aliphatic carbocycles. The van der Waals surface area contributed by atoms with Gasteiger partial charge in [0.05, 0.1) is 24.6 Å². The standard InChI is InChI=1S/C33H46N6O3.C2H6/c1-25(2)33(40)39-18-16-38(17-19-39)27-10-12-28(13-11-27)42-24-31-32(26(3)34-36(31)5)29-8-6-7-9-30(29)35(4)14-15-37-20-22-41-23-21-37;1-2/h6-13,25H,14-24H2,1-5H3;1-2H3. The molecule has 5 rings (SSSR count). The summed E-state index contributed by atoms with van der Waals surface area (Å²) < 4.78 is 13.8. The summed E-state index contributed by atoms with van der Waals surface area (Å²) in [7, 11) is 4.16. The van der Waals surface area contributed by atoms with Gasteiger partial charge in [0.1, 0.15) is 12.4 Å². The molecule has 9 heteroatoms. The highest BCUT2D eigenvalue weighted by Crippen LogP contribution is 2.35. The largest absolute Gasteiger partial charge is 0.487 e. The molecule has 0 radical (unpaired) electrons. The maximum Gasteiger partial charge on any atom is 0.225 e. The van der Waals surface area contributed by atoms with Crippen LogP contribution in [0.4, 0.5) is 11.4 Å². The number of carbonyl (C=O) groups excluding carboxylic acids is 1. The van der Waals surface area contributed by atoms with Gasteiger partial charge < -0.3 is 24.2 Å². The molecule has 2 fully saturated rings. The van der Waals surface area contributed by atoms with E-state index in [9.17, 15) is 4.79 Å². The summed E-state index contributed by atoms with van der Waals surface area (Å²) in [5.41, 5.74) is 6.72. The maximum atomic E-state index is 12.3. The van der Waals surface area contributed by atoms with E-state index in [-0.39, 0.29) is 11.8 Å². The van der Waals surface area contributed by atoms with Crippen molar-refractivity contribution in [1.82, 2.24) is 19.6 Å². The molecule has 9 nitrogen and oxygen atoms in total. The predicted molar refractivity (Wildman–Crippen MR) is 180 cm³/mol. The van der Waals surface area contributed by atoms with E-state index >= 15 is 0 Å². The van der Waals surface area contributed by atoms with Crippen LogP contribution in [0.15, 0.2) is 48.5 Å². The van der Waals surface area contributed by atoms with Crippen LogP contribution in [0.1, 0.15) is 39.1 Å². The fourth-order valence-electron chi connectivity index (χ4n) is 5.93. The Morgan fingerprint density at radius 1 is 0.977 bits per heavy atom. The highest BCUT2D eigenvalue weighted by molar-refractivity contribution is 5.81. The molecule has 1 amide bonds. The van der Waals surface area contributed by atoms with Crippen molar-refractivity contribution in [3.63, 3.8) is 0 Å². The van der Waals surface area contributed by atoms with Crippen molar-refractivity contribution >= 4 is 17.3 Å². The van der Waals surface area contributed by atoms with Gasteiger partial charge in [-0.1, -0.05) is 45.9 Å². The number of rotatable bonds is 10. The first-order chi connectivity index (χ1) is 21.3. The Morgan fingerprint density at radius 3 is 2.30 bits per heavy atom. The number of para-hydroxylation sites is 1. The first-order valence-electron chi connectivity index (χ1n) is 16.2. The second kappa shape index (κ2) is 16.0. The van der Waals surface area contributed by atoms with Crippen LogP contribution in [0.25, 0.3) is 11.1 Å². The van der Waals surface area contributed by atoms with Crippen LogP contribution in [0, 0.1) is 12.8 Å². The third-order valence-corrected chi connectivity index (χ3v) is 8.44. The van der Waals surface area contributed by atoms with E-state index in [1.54, 1.807) is 0 Å².